The number of hydrogen-bond donors (Lipinski definition) is 3. The highest BCUT2D eigenvalue weighted by molar-refractivity contribution is 5.95. The van der Waals surface area contributed by atoms with E-state index in [2.05, 4.69) is 28.1 Å². The van der Waals surface area contributed by atoms with Gasteiger partial charge in [-0.2, -0.15) is 0 Å². The number of carbonyl (C=O) groups is 2. The summed E-state index contributed by atoms with van der Waals surface area (Å²) in [6.45, 7) is 1.88. The molecule has 6 nitrogen and oxygen atoms in total. The van der Waals surface area contributed by atoms with Crippen LogP contribution in [0, 0.1) is 0 Å². The zero-order valence-electron chi connectivity index (χ0n) is 15.2. The van der Waals surface area contributed by atoms with E-state index in [4.69, 9.17) is 4.74 Å². The number of aryl methyl sites for hydroxylation is 1. The van der Waals surface area contributed by atoms with Gasteiger partial charge in [0.25, 0.3) is 0 Å². The SMILES string of the molecule is O=C(CC1NCCNC1=O)Nc1cccc(OCCCc2ccccc2)c1. The normalized spacial score (nSPS) is 16.4. The molecule has 1 saturated heterocycles. The van der Waals surface area contributed by atoms with Crippen LogP contribution in [0.4, 0.5) is 5.69 Å². The van der Waals surface area contributed by atoms with Gasteiger partial charge < -0.3 is 20.7 Å². The van der Waals surface area contributed by atoms with E-state index >= 15 is 0 Å². The van der Waals surface area contributed by atoms with E-state index in [-0.39, 0.29) is 18.2 Å². The summed E-state index contributed by atoms with van der Waals surface area (Å²) in [5.74, 6) is 0.382. The molecule has 0 radical (unpaired) electrons. The molecule has 0 saturated carbocycles. The van der Waals surface area contributed by atoms with E-state index in [0.29, 0.717) is 25.4 Å². The first-order valence-electron chi connectivity index (χ1n) is 9.28. The molecule has 1 atom stereocenters. The predicted octanol–water partition coefficient (Wildman–Crippen LogP) is 2.11. The average molecular weight is 367 g/mol. The van der Waals surface area contributed by atoms with E-state index in [9.17, 15) is 9.59 Å². The number of benzene rings is 2. The fraction of sp³-hybridized carbons (Fsp3) is 0.333. The second-order valence-corrected chi connectivity index (χ2v) is 6.52. The molecule has 1 unspecified atom stereocenters. The lowest BCUT2D eigenvalue weighted by Crippen LogP contribution is -2.53. The summed E-state index contributed by atoms with van der Waals surface area (Å²) in [4.78, 5) is 23.9. The molecular formula is C21H25N3O3. The van der Waals surface area contributed by atoms with Crippen molar-refractivity contribution in [2.24, 2.45) is 0 Å². The molecule has 3 rings (SSSR count). The van der Waals surface area contributed by atoms with E-state index in [1.54, 1.807) is 6.07 Å². The third kappa shape index (κ3) is 6.11. The summed E-state index contributed by atoms with van der Waals surface area (Å²) < 4.78 is 5.79. The Bertz CT molecular complexity index is 764. The first-order chi connectivity index (χ1) is 13.2. The van der Waals surface area contributed by atoms with Gasteiger partial charge in [-0.1, -0.05) is 36.4 Å². The van der Waals surface area contributed by atoms with Gasteiger partial charge in [0.15, 0.2) is 0 Å². The molecule has 0 spiro atoms. The molecule has 0 aromatic heterocycles. The van der Waals surface area contributed by atoms with Crippen molar-refractivity contribution < 1.29 is 14.3 Å². The number of carbonyl (C=O) groups excluding carboxylic acids is 2. The molecule has 1 aliphatic rings. The van der Waals surface area contributed by atoms with Crippen LogP contribution in [-0.2, 0) is 16.0 Å². The summed E-state index contributed by atoms with van der Waals surface area (Å²) in [6.07, 6.45) is 1.99. The highest BCUT2D eigenvalue weighted by Crippen LogP contribution is 2.18. The van der Waals surface area contributed by atoms with Crippen molar-refractivity contribution in [3.63, 3.8) is 0 Å². The number of ether oxygens (including phenoxy) is 1. The lowest BCUT2D eigenvalue weighted by atomic mass is 10.1. The summed E-state index contributed by atoms with van der Waals surface area (Å²) in [5, 5.41) is 8.62. The van der Waals surface area contributed by atoms with Gasteiger partial charge in [-0.25, -0.2) is 0 Å². The van der Waals surface area contributed by atoms with Gasteiger partial charge >= 0.3 is 0 Å². The average Bonchev–Trinajstić information content (AvgIpc) is 2.68. The monoisotopic (exact) mass is 367 g/mol. The van der Waals surface area contributed by atoms with Gasteiger partial charge in [0.05, 0.1) is 19.1 Å². The van der Waals surface area contributed by atoms with Gasteiger partial charge in [0, 0.05) is 24.8 Å². The van der Waals surface area contributed by atoms with Crippen molar-refractivity contribution in [3.05, 3.63) is 60.2 Å². The fourth-order valence-corrected chi connectivity index (χ4v) is 2.98. The van der Waals surface area contributed by atoms with Crippen LogP contribution in [0.2, 0.25) is 0 Å². The largest absolute Gasteiger partial charge is 0.494 e. The van der Waals surface area contributed by atoms with Crippen LogP contribution >= 0.6 is 0 Å². The van der Waals surface area contributed by atoms with Gasteiger partial charge in [-0.05, 0) is 30.5 Å². The maximum atomic E-state index is 12.2. The van der Waals surface area contributed by atoms with Crippen LogP contribution < -0.4 is 20.7 Å². The summed E-state index contributed by atoms with van der Waals surface area (Å²) in [6, 6.07) is 17.1. The Hall–Kier alpha value is -2.86. The van der Waals surface area contributed by atoms with Crippen LogP contribution in [0.15, 0.2) is 54.6 Å². The molecule has 0 bridgehead atoms. The van der Waals surface area contributed by atoms with E-state index in [1.807, 2.05) is 36.4 Å². The van der Waals surface area contributed by atoms with Gasteiger partial charge in [-0.3, -0.25) is 9.59 Å². The zero-order valence-corrected chi connectivity index (χ0v) is 15.2. The first kappa shape index (κ1) is 18.9. The van der Waals surface area contributed by atoms with Crippen LogP contribution in [0.1, 0.15) is 18.4 Å². The molecule has 2 aromatic carbocycles. The Balaban J connectivity index is 1.44. The molecule has 27 heavy (non-hydrogen) atoms. The van der Waals surface area contributed by atoms with Gasteiger partial charge in [0.1, 0.15) is 5.75 Å². The maximum absolute atomic E-state index is 12.2. The third-order valence-corrected chi connectivity index (χ3v) is 4.36. The van der Waals surface area contributed by atoms with Crippen LogP contribution in [0.25, 0.3) is 0 Å². The molecule has 0 aliphatic carbocycles. The van der Waals surface area contributed by atoms with E-state index in [1.165, 1.54) is 5.56 Å². The highest BCUT2D eigenvalue weighted by Gasteiger charge is 2.23. The summed E-state index contributed by atoms with van der Waals surface area (Å²) in [5.41, 5.74) is 1.96. The van der Waals surface area contributed by atoms with E-state index < -0.39 is 6.04 Å². The van der Waals surface area contributed by atoms with Crippen LogP contribution in [0.5, 0.6) is 5.75 Å². The first-order valence-corrected chi connectivity index (χ1v) is 9.28. The third-order valence-electron chi connectivity index (χ3n) is 4.36. The molecule has 2 amide bonds. The Morgan fingerprint density at radius 2 is 1.96 bits per heavy atom. The van der Waals surface area contributed by atoms with Gasteiger partial charge in [0.2, 0.25) is 11.8 Å². The zero-order chi connectivity index (χ0) is 18.9. The maximum Gasteiger partial charge on any atom is 0.237 e. The highest BCUT2D eigenvalue weighted by atomic mass is 16.5. The molecule has 1 aliphatic heterocycles. The van der Waals surface area contributed by atoms with Crippen molar-refractivity contribution in [2.45, 2.75) is 25.3 Å². The van der Waals surface area contributed by atoms with Crippen molar-refractivity contribution in [1.82, 2.24) is 10.6 Å². The minimum Gasteiger partial charge on any atom is -0.494 e. The number of rotatable bonds is 8. The number of nitrogens with one attached hydrogen (secondary N) is 3. The van der Waals surface area contributed by atoms with Crippen molar-refractivity contribution in [1.29, 1.82) is 0 Å². The summed E-state index contributed by atoms with van der Waals surface area (Å²) in [7, 11) is 0. The topological polar surface area (TPSA) is 79.5 Å². The van der Waals surface area contributed by atoms with Crippen LogP contribution in [-0.4, -0.2) is 37.6 Å². The van der Waals surface area contributed by atoms with Crippen molar-refractivity contribution in [3.8, 4) is 5.75 Å². The fourth-order valence-electron chi connectivity index (χ4n) is 2.98. The second-order valence-electron chi connectivity index (χ2n) is 6.52. The lowest BCUT2D eigenvalue weighted by molar-refractivity contribution is -0.127. The Morgan fingerprint density at radius 1 is 1.11 bits per heavy atom. The predicted molar refractivity (Wildman–Crippen MR) is 105 cm³/mol. The quantitative estimate of drug-likeness (QED) is 0.625. The second kappa shape index (κ2) is 9.73. The number of anilines is 1. The molecule has 6 heteroatoms. The smallest absolute Gasteiger partial charge is 0.237 e. The molecular weight excluding hydrogens is 342 g/mol. The standard InChI is InChI=1S/C21H25N3O3/c25-20(15-19-21(26)23-12-11-22-19)24-17-9-4-10-18(14-17)27-13-5-8-16-6-2-1-3-7-16/h1-4,6-7,9-10,14,19,22H,5,8,11-13,15H2,(H,23,26)(H,24,25). The minimum atomic E-state index is -0.476. The molecule has 3 N–H and O–H groups in total. The van der Waals surface area contributed by atoms with Gasteiger partial charge in [-0.15, -0.1) is 0 Å². The Kier molecular flexibility index (Phi) is 6.82. The van der Waals surface area contributed by atoms with E-state index in [0.717, 1.165) is 18.6 Å². The number of piperazine rings is 1. The van der Waals surface area contributed by atoms with Crippen molar-refractivity contribution in [2.75, 3.05) is 25.0 Å². The minimum absolute atomic E-state index is 0.105. The van der Waals surface area contributed by atoms with Crippen LogP contribution in [0.3, 0.4) is 0 Å². The summed E-state index contributed by atoms with van der Waals surface area (Å²) >= 11 is 0. The number of hydrogen-bond acceptors (Lipinski definition) is 4. The molecule has 2 aromatic rings. The van der Waals surface area contributed by atoms with Crippen molar-refractivity contribution >= 4 is 17.5 Å². The molecule has 1 fully saturated rings. The number of amides is 2. The lowest BCUT2D eigenvalue weighted by Gasteiger charge is -2.22. The Labute approximate surface area is 159 Å². The molecule has 142 valence electrons. The molecule has 1 heterocycles. The Morgan fingerprint density at radius 3 is 2.78 bits per heavy atom.